The summed E-state index contributed by atoms with van der Waals surface area (Å²) in [5.74, 6) is 0.106. The van der Waals surface area contributed by atoms with Gasteiger partial charge < -0.3 is 4.74 Å². The lowest BCUT2D eigenvalue weighted by atomic mass is 10.2. The maximum atomic E-state index is 12.5. The number of hydrogen-bond donors (Lipinski definition) is 1. The molecule has 0 atom stereocenters. The van der Waals surface area contributed by atoms with Crippen LogP contribution < -0.4 is 4.74 Å². The molecule has 0 amide bonds. The van der Waals surface area contributed by atoms with Gasteiger partial charge in [0.2, 0.25) is 5.88 Å². The molecule has 0 aliphatic heterocycles. The van der Waals surface area contributed by atoms with Crippen molar-refractivity contribution in [2.45, 2.75) is 20.0 Å². The highest BCUT2D eigenvalue weighted by Gasteiger charge is 2.31. The van der Waals surface area contributed by atoms with Gasteiger partial charge in [-0.2, -0.15) is 13.2 Å². The molecule has 20 heavy (non-hydrogen) atoms. The summed E-state index contributed by atoms with van der Waals surface area (Å²) in [6, 6.07) is 2.50. The highest BCUT2D eigenvalue weighted by molar-refractivity contribution is 5.55. The summed E-state index contributed by atoms with van der Waals surface area (Å²) in [5.41, 5.74) is 0.0588. The zero-order valence-electron chi connectivity index (χ0n) is 10.6. The molecule has 1 aromatic carbocycles. The van der Waals surface area contributed by atoms with Gasteiger partial charge in [0.15, 0.2) is 11.4 Å². The number of aromatic amines is 1. The van der Waals surface area contributed by atoms with E-state index in [2.05, 4.69) is 15.4 Å². The molecule has 0 saturated carbocycles. The second kappa shape index (κ2) is 4.95. The van der Waals surface area contributed by atoms with E-state index in [4.69, 9.17) is 4.74 Å². The number of nitroso groups, excluding NO2 is 1. The Morgan fingerprint density at radius 3 is 2.50 bits per heavy atom. The Morgan fingerprint density at radius 2 is 2.00 bits per heavy atom. The summed E-state index contributed by atoms with van der Waals surface area (Å²) in [6.07, 6.45) is -4.54. The largest absolute Gasteiger partial charge is 0.435 e. The van der Waals surface area contributed by atoms with E-state index in [9.17, 15) is 18.1 Å². The van der Waals surface area contributed by atoms with Crippen LogP contribution in [0.4, 0.5) is 18.9 Å². The van der Waals surface area contributed by atoms with E-state index in [1.165, 1.54) is 0 Å². The summed E-state index contributed by atoms with van der Waals surface area (Å²) in [5, 5.41) is 9.07. The van der Waals surface area contributed by atoms with Crippen molar-refractivity contribution in [3.8, 4) is 11.6 Å². The summed E-state index contributed by atoms with van der Waals surface area (Å²) in [4.78, 5) is 10.7. The van der Waals surface area contributed by atoms with E-state index in [1.54, 1.807) is 13.8 Å². The van der Waals surface area contributed by atoms with Crippen LogP contribution in [-0.4, -0.2) is 10.2 Å². The lowest BCUT2D eigenvalue weighted by Crippen LogP contribution is -2.04. The van der Waals surface area contributed by atoms with Gasteiger partial charge in [0.05, 0.1) is 5.56 Å². The molecule has 1 aromatic heterocycles. The molecule has 2 aromatic rings. The Bertz CT molecular complexity index is 650. The van der Waals surface area contributed by atoms with Gasteiger partial charge in [-0.25, -0.2) is 0 Å². The first-order valence-electron chi connectivity index (χ1n) is 5.57. The van der Waals surface area contributed by atoms with Crippen LogP contribution in [0.2, 0.25) is 0 Å². The van der Waals surface area contributed by atoms with Crippen molar-refractivity contribution in [2.24, 2.45) is 5.18 Å². The average molecular weight is 285 g/mol. The summed E-state index contributed by atoms with van der Waals surface area (Å²) in [7, 11) is 0. The van der Waals surface area contributed by atoms with Crippen LogP contribution in [-0.2, 0) is 6.18 Å². The maximum absolute atomic E-state index is 12.5. The fraction of sp³-hybridized carbons (Fsp3) is 0.250. The van der Waals surface area contributed by atoms with Crippen LogP contribution in [0.25, 0.3) is 0 Å². The fourth-order valence-corrected chi connectivity index (χ4v) is 1.52. The topological polar surface area (TPSA) is 67.3 Å². The van der Waals surface area contributed by atoms with E-state index in [1.807, 2.05) is 0 Å². The number of H-pyrrole nitrogens is 1. The molecule has 1 heterocycles. The zero-order chi connectivity index (χ0) is 14.9. The van der Waals surface area contributed by atoms with Gasteiger partial charge in [0.25, 0.3) is 0 Å². The number of nitrogens with one attached hydrogen (secondary N) is 1. The van der Waals surface area contributed by atoms with E-state index in [0.717, 1.165) is 17.8 Å². The number of nitrogens with zero attached hydrogens (tertiary/aromatic N) is 2. The van der Waals surface area contributed by atoms with Gasteiger partial charge in [0, 0.05) is 11.3 Å². The number of aryl methyl sites for hydroxylation is 1. The van der Waals surface area contributed by atoms with Gasteiger partial charge in [-0.05, 0) is 37.2 Å². The van der Waals surface area contributed by atoms with Gasteiger partial charge in [-0.1, -0.05) is 0 Å². The highest BCUT2D eigenvalue weighted by atomic mass is 19.4. The maximum Gasteiger partial charge on any atom is 0.416 e. The third-order valence-electron chi connectivity index (χ3n) is 2.80. The van der Waals surface area contributed by atoms with Gasteiger partial charge >= 0.3 is 6.18 Å². The van der Waals surface area contributed by atoms with Crippen LogP contribution in [0.3, 0.4) is 0 Å². The molecule has 2 rings (SSSR count). The minimum atomic E-state index is -4.54. The van der Waals surface area contributed by atoms with Crippen molar-refractivity contribution < 1.29 is 17.9 Å². The Kier molecular flexibility index (Phi) is 3.47. The quantitative estimate of drug-likeness (QED) is 0.858. The van der Waals surface area contributed by atoms with Crippen LogP contribution >= 0.6 is 0 Å². The predicted molar refractivity (Wildman–Crippen MR) is 65.0 cm³/mol. The molecule has 0 spiro atoms. The first-order chi connectivity index (χ1) is 9.32. The van der Waals surface area contributed by atoms with Crippen LogP contribution in [0.5, 0.6) is 11.6 Å². The molecular formula is C12H10F3N3O2. The van der Waals surface area contributed by atoms with Crippen LogP contribution in [0, 0.1) is 18.8 Å². The predicted octanol–water partition coefficient (Wildman–Crippen LogP) is 4.24. The monoisotopic (exact) mass is 285 g/mol. The molecule has 0 radical (unpaired) electrons. The third kappa shape index (κ3) is 2.63. The number of halogens is 3. The third-order valence-corrected chi connectivity index (χ3v) is 2.80. The zero-order valence-corrected chi connectivity index (χ0v) is 10.6. The molecule has 0 aliphatic rings. The molecule has 8 heteroatoms. The van der Waals surface area contributed by atoms with Crippen molar-refractivity contribution in [1.82, 2.24) is 10.2 Å². The number of aromatic nitrogens is 2. The summed E-state index contributed by atoms with van der Waals surface area (Å²) >= 11 is 0. The van der Waals surface area contributed by atoms with E-state index in [0.29, 0.717) is 11.6 Å². The molecule has 0 aliphatic carbocycles. The Labute approximate surface area is 111 Å². The molecule has 0 unspecified atom stereocenters. The van der Waals surface area contributed by atoms with Gasteiger partial charge in [-0.3, -0.25) is 5.10 Å². The SMILES string of the molecule is Cc1[nH]nc(Oc2ccc(C(F)(F)F)cc2N=O)c1C. The Balaban J connectivity index is 2.38. The molecular weight excluding hydrogens is 275 g/mol. The highest BCUT2D eigenvalue weighted by Crippen LogP contribution is 2.38. The second-order valence-corrected chi connectivity index (χ2v) is 4.15. The fourth-order valence-electron chi connectivity index (χ4n) is 1.52. The molecule has 0 fully saturated rings. The Hall–Kier alpha value is -2.38. The average Bonchev–Trinajstić information content (AvgIpc) is 2.70. The van der Waals surface area contributed by atoms with Crippen molar-refractivity contribution in [1.29, 1.82) is 0 Å². The minimum absolute atomic E-state index is 0.0809. The minimum Gasteiger partial charge on any atom is -0.435 e. The molecule has 0 bridgehead atoms. The molecule has 1 N–H and O–H groups in total. The van der Waals surface area contributed by atoms with E-state index >= 15 is 0 Å². The molecule has 106 valence electrons. The van der Waals surface area contributed by atoms with E-state index < -0.39 is 17.4 Å². The first-order valence-corrected chi connectivity index (χ1v) is 5.57. The summed E-state index contributed by atoms with van der Waals surface area (Å²) < 4.78 is 42.9. The van der Waals surface area contributed by atoms with Crippen molar-refractivity contribution in [3.05, 3.63) is 39.9 Å². The van der Waals surface area contributed by atoms with Gasteiger partial charge in [-0.15, -0.1) is 10.0 Å². The van der Waals surface area contributed by atoms with Crippen LogP contribution in [0.1, 0.15) is 16.8 Å². The summed E-state index contributed by atoms with van der Waals surface area (Å²) in [6.45, 7) is 3.49. The van der Waals surface area contributed by atoms with E-state index in [-0.39, 0.29) is 11.6 Å². The number of hydrogen-bond acceptors (Lipinski definition) is 4. The lowest BCUT2D eigenvalue weighted by molar-refractivity contribution is -0.137. The van der Waals surface area contributed by atoms with Crippen molar-refractivity contribution in [2.75, 3.05) is 0 Å². The Morgan fingerprint density at radius 1 is 1.30 bits per heavy atom. The van der Waals surface area contributed by atoms with Crippen molar-refractivity contribution in [3.63, 3.8) is 0 Å². The normalized spacial score (nSPS) is 11.4. The number of rotatable bonds is 3. The van der Waals surface area contributed by atoms with Gasteiger partial charge in [0.1, 0.15) is 0 Å². The number of alkyl halides is 3. The second-order valence-electron chi connectivity index (χ2n) is 4.15. The first kappa shape index (κ1) is 14.0. The smallest absolute Gasteiger partial charge is 0.416 e. The van der Waals surface area contributed by atoms with Crippen LogP contribution in [0.15, 0.2) is 23.4 Å². The standard InChI is InChI=1S/C12H10F3N3O2/c1-6-7(2)16-17-11(6)20-10-4-3-8(12(13,14)15)5-9(10)18-19/h3-5H,1-2H3,(H,16,17). The number of benzene rings is 1. The van der Waals surface area contributed by atoms with Crippen molar-refractivity contribution >= 4 is 5.69 Å². The molecule has 0 saturated heterocycles. The number of ether oxygens (including phenoxy) is 1. The lowest BCUT2D eigenvalue weighted by Gasteiger charge is -2.09. The molecule has 5 nitrogen and oxygen atoms in total.